The fourth-order valence-electron chi connectivity index (χ4n) is 3.77. The number of nitrogens with zero attached hydrogens (tertiary/aromatic N) is 1. The van der Waals surface area contributed by atoms with E-state index in [9.17, 15) is 17.6 Å². The number of benzene rings is 2. The Kier molecular flexibility index (Phi) is 5.35. The topological polar surface area (TPSA) is 66.5 Å². The zero-order valence-corrected chi connectivity index (χ0v) is 16.4. The molecule has 3 rings (SSSR count). The summed E-state index contributed by atoms with van der Waals surface area (Å²) in [5, 5.41) is 2.63. The molecule has 1 aliphatic heterocycles. The van der Waals surface area contributed by atoms with Crippen LogP contribution in [0, 0.1) is 26.6 Å². The number of halogens is 1. The third-order valence-corrected chi connectivity index (χ3v) is 6.98. The van der Waals surface area contributed by atoms with Gasteiger partial charge >= 0.3 is 0 Å². The van der Waals surface area contributed by atoms with Crippen LogP contribution in [-0.4, -0.2) is 31.2 Å². The van der Waals surface area contributed by atoms with E-state index in [-0.39, 0.29) is 11.4 Å². The summed E-state index contributed by atoms with van der Waals surface area (Å²) in [4.78, 5) is 13.0. The van der Waals surface area contributed by atoms with E-state index in [0.29, 0.717) is 29.7 Å². The highest BCUT2D eigenvalue weighted by Gasteiger charge is 2.40. The molecule has 0 aromatic heterocycles. The van der Waals surface area contributed by atoms with Crippen LogP contribution >= 0.6 is 0 Å². The van der Waals surface area contributed by atoms with Gasteiger partial charge in [-0.25, -0.2) is 12.8 Å². The number of hydrogen-bond acceptors (Lipinski definition) is 3. The van der Waals surface area contributed by atoms with Gasteiger partial charge in [0.05, 0.1) is 4.90 Å². The Morgan fingerprint density at radius 3 is 2.44 bits per heavy atom. The first-order valence-corrected chi connectivity index (χ1v) is 10.3. The number of sulfonamides is 1. The van der Waals surface area contributed by atoms with Crippen LogP contribution in [0.25, 0.3) is 0 Å². The second kappa shape index (κ2) is 7.40. The molecular formula is C20H23FN2O3S. The number of hydrogen-bond donors (Lipinski definition) is 1. The number of amides is 1. The summed E-state index contributed by atoms with van der Waals surface area (Å²) in [6.07, 6.45) is 1.04. The van der Waals surface area contributed by atoms with E-state index >= 15 is 0 Å². The third kappa shape index (κ3) is 3.89. The molecule has 0 spiro atoms. The van der Waals surface area contributed by atoms with E-state index in [1.165, 1.54) is 22.5 Å². The second-order valence-corrected chi connectivity index (χ2v) is 8.83. The van der Waals surface area contributed by atoms with Crippen LogP contribution in [0.3, 0.4) is 0 Å². The number of nitrogens with one attached hydrogen (secondary N) is 1. The van der Waals surface area contributed by atoms with Gasteiger partial charge in [-0.05, 0) is 62.9 Å². The predicted octanol–water partition coefficient (Wildman–Crippen LogP) is 3.54. The van der Waals surface area contributed by atoms with Crippen LogP contribution in [-0.2, 0) is 14.8 Å². The zero-order chi connectivity index (χ0) is 19.8. The molecule has 1 atom stereocenters. The Balaban J connectivity index is 1.90. The van der Waals surface area contributed by atoms with Gasteiger partial charge in [-0.3, -0.25) is 4.79 Å². The lowest BCUT2D eigenvalue weighted by Crippen LogP contribution is -2.43. The summed E-state index contributed by atoms with van der Waals surface area (Å²) in [5.41, 5.74) is 2.64. The van der Waals surface area contributed by atoms with Gasteiger partial charge < -0.3 is 5.32 Å². The maximum absolute atomic E-state index is 13.3. The summed E-state index contributed by atoms with van der Waals surface area (Å²) >= 11 is 0. The highest BCUT2D eigenvalue weighted by atomic mass is 32.2. The van der Waals surface area contributed by atoms with Crippen molar-refractivity contribution in [2.24, 2.45) is 0 Å². The summed E-state index contributed by atoms with van der Waals surface area (Å²) in [7, 11) is -3.81. The first kappa shape index (κ1) is 19.5. The Labute approximate surface area is 159 Å². The second-order valence-electron chi connectivity index (χ2n) is 7.00. The highest BCUT2D eigenvalue weighted by Crippen LogP contribution is 2.31. The van der Waals surface area contributed by atoms with Gasteiger partial charge in [-0.1, -0.05) is 23.8 Å². The SMILES string of the molecule is Cc1cc(C)c(S(=O)(=O)N2CCCC2C(=O)Nc2cccc(F)c2)c(C)c1. The van der Waals surface area contributed by atoms with E-state index in [2.05, 4.69) is 5.32 Å². The number of aryl methyl sites for hydroxylation is 3. The molecule has 7 heteroatoms. The number of carbonyl (C=O) groups excluding carboxylic acids is 1. The van der Waals surface area contributed by atoms with Crippen molar-refractivity contribution in [3.05, 3.63) is 58.9 Å². The molecule has 1 N–H and O–H groups in total. The molecule has 144 valence electrons. The van der Waals surface area contributed by atoms with Crippen LogP contribution in [0.4, 0.5) is 10.1 Å². The summed E-state index contributed by atoms with van der Waals surface area (Å²) < 4.78 is 41.2. The van der Waals surface area contributed by atoms with Gasteiger partial charge in [-0.2, -0.15) is 4.31 Å². The van der Waals surface area contributed by atoms with Crippen molar-refractivity contribution in [1.29, 1.82) is 0 Å². The molecule has 1 saturated heterocycles. The minimum Gasteiger partial charge on any atom is -0.325 e. The lowest BCUT2D eigenvalue weighted by molar-refractivity contribution is -0.119. The first-order valence-electron chi connectivity index (χ1n) is 8.86. The van der Waals surface area contributed by atoms with Crippen LogP contribution in [0.1, 0.15) is 29.5 Å². The van der Waals surface area contributed by atoms with Crippen molar-refractivity contribution in [1.82, 2.24) is 4.31 Å². The fraction of sp³-hybridized carbons (Fsp3) is 0.350. The predicted molar refractivity (Wildman–Crippen MR) is 103 cm³/mol. The van der Waals surface area contributed by atoms with Gasteiger partial charge in [-0.15, -0.1) is 0 Å². The van der Waals surface area contributed by atoms with Crippen molar-refractivity contribution in [3.8, 4) is 0 Å². The van der Waals surface area contributed by atoms with Crippen molar-refractivity contribution >= 4 is 21.6 Å². The first-order chi connectivity index (χ1) is 12.7. The third-order valence-electron chi connectivity index (χ3n) is 4.77. The quantitative estimate of drug-likeness (QED) is 0.868. The van der Waals surface area contributed by atoms with E-state index in [1.807, 2.05) is 19.1 Å². The van der Waals surface area contributed by atoms with Crippen LogP contribution in [0.5, 0.6) is 0 Å². The van der Waals surface area contributed by atoms with Crippen LogP contribution in [0.2, 0.25) is 0 Å². The van der Waals surface area contributed by atoms with E-state index in [4.69, 9.17) is 0 Å². The fourth-order valence-corrected chi connectivity index (χ4v) is 5.84. The molecule has 2 aromatic rings. The molecule has 0 aliphatic carbocycles. The molecule has 1 heterocycles. The minimum atomic E-state index is -3.81. The van der Waals surface area contributed by atoms with E-state index in [0.717, 1.165) is 5.56 Å². The van der Waals surface area contributed by atoms with Crippen molar-refractivity contribution in [2.45, 2.75) is 44.6 Å². The molecule has 1 unspecified atom stereocenters. The molecule has 0 radical (unpaired) electrons. The van der Waals surface area contributed by atoms with Crippen molar-refractivity contribution in [2.75, 3.05) is 11.9 Å². The van der Waals surface area contributed by atoms with Crippen molar-refractivity contribution < 1.29 is 17.6 Å². The molecule has 27 heavy (non-hydrogen) atoms. The Bertz CT molecular complexity index is 965. The van der Waals surface area contributed by atoms with Crippen LogP contribution in [0.15, 0.2) is 41.3 Å². The zero-order valence-electron chi connectivity index (χ0n) is 15.6. The molecule has 1 fully saturated rings. The molecule has 5 nitrogen and oxygen atoms in total. The monoisotopic (exact) mass is 390 g/mol. The molecule has 0 saturated carbocycles. The standard InChI is InChI=1S/C20H23FN2O3S/c1-13-10-14(2)19(15(3)11-13)27(25,26)23-9-5-8-18(23)20(24)22-17-7-4-6-16(21)12-17/h4,6-7,10-12,18H,5,8-9H2,1-3H3,(H,22,24). The number of rotatable bonds is 4. The largest absolute Gasteiger partial charge is 0.325 e. The normalized spacial score (nSPS) is 17.9. The smallest absolute Gasteiger partial charge is 0.244 e. The lowest BCUT2D eigenvalue weighted by atomic mass is 10.1. The lowest BCUT2D eigenvalue weighted by Gasteiger charge is -2.25. The molecule has 2 aromatic carbocycles. The van der Waals surface area contributed by atoms with Crippen LogP contribution < -0.4 is 5.32 Å². The molecule has 1 amide bonds. The summed E-state index contributed by atoms with van der Waals surface area (Å²) in [5.74, 6) is -0.904. The molecule has 0 bridgehead atoms. The van der Waals surface area contributed by atoms with Gasteiger partial charge in [0.15, 0.2) is 0 Å². The Morgan fingerprint density at radius 2 is 1.81 bits per heavy atom. The average molecular weight is 390 g/mol. The molecule has 1 aliphatic rings. The molecular weight excluding hydrogens is 367 g/mol. The maximum Gasteiger partial charge on any atom is 0.244 e. The summed E-state index contributed by atoms with van der Waals surface area (Å²) in [6, 6.07) is 8.41. The number of carbonyl (C=O) groups is 1. The van der Waals surface area contributed by atoms with Gasteiger partial charge in [0.1, 0.15) is 11.9 Å². The van der Waals surface area contributed by atoms with E-state index < -0.39 is 27.8 Å². The maximum atomic E-state index is 13.3. The highest BCUT2D eigenvalue weighted by molar-refractivity contribution is 7.89. The Hall–Kier alpha value is -2.25. The van der Waals surface area contributed by atoms with E-state index in [1.54, 1.807) is 19.9 Å². The van der Waals surface area contributed by atoms with Gasteiger partial charge in [0.2, 0.25) is 15.9 Å². The minimum absolute atomic E-state index is 0.263. The number of anilines is 1. The van der Waals surface area contributed by atoms with Crippen molar-refractivity contribution in [3.63, 3.8) is 0 Å². The van der Waals surface area contributed by atoms with Gasteiger partial charge in [0.25, 0.3) is 0 Å². The van der Waals surface area contributed by atoms with Gasteiger partial charge in [0, 0.05) is 12.2 Å². The summed E-state index contributed by atoms with van der Waals surface area (Å²) in [6.45, 7) is 5.74. The average Bonchev–Trinajstić information content (AvgIpc) is 3.04. The Morgan fingerprint density at radius 1 is 1.15 bits per heavy atom.